The second kappa shape index (κ2) is 4.72. The van der Waals surface area contributed by atoms with Crippen LogP contribution in [0.2, 0.25) is 0 Å². The van der Waals surface area contributed by atoms with E-state index in [1.54, 1.807) is 0 Å². The van der Waals surface area contributed by atoms with Crippen LogP contribution in [0.3, 0.4) is 0 Å². The van der Waals surface area contributed by atoms with Crippen LogP contribution in [0.1, 0.15) is 18.0 Å². The minimum absolute atomic E-state index is 0.551. The maximum atomic E-state index is 4.37. The van der Waals surface area contributed by atoms with E-state index < -0.39 is 0 Å². The SMILES string of the molecule is c1cc(-n2cncc2C2CCNC2)c2ccncc2c1. The van der Waals surface area contributed by atoms with E-state index in [0.717, 1.165) is 18.5 Å². The first-order valence-electron chi connectivity index (χ1n) is 6.99. The third kappa shape index (κ3) is 1.80. The molecule has 3 aromatic rings. The molecule has 1 saturated heterocycles. The molecular formula is C16H16N4. The number of aromatic nitrogens is 3. The van der Waals surface area contributed by atoms with Crippen molar-refractivity contribution < 1.29 is 0 Å². The van der Waals surface area contributed by atoms with Crippen molar-refractivity contribution in [1.29, 1.82) is 0 Å². The van der Waals surface area contributed by atoms with E-state index >= 15 is 0 Å². The Bertz CT molecular complexity index is 736. The van der Waals surface area contributed by atoms with Gasteiger partial charge in [-0.25, -0.2) is 4.98 Å². The van der Waals surface area contributed by atoms with Crippen molar-refractivity contribution in [1.82, 2.24) is 19.9 Å². The maximum Gasteiger partial charge on any atom is 0.0994 e. The third-order valence-corrected chi connectivity index (χ3v) is 4.06. The van der Waals surface area contributed by atoms with E-state index in [-0.39, 0.29) is 0 Å². The molecule has 1 aliphatic heterocycles. The second-order valence-corrected chi connectivity index (χ2v) is 5.25. The molecule has 4 rings (SSSR count). The number of rotatable bonds is 2. The summed E-state index contributed by atoms with van der Waals surface area (Å²) in [5.41, 5.74) is 2.48. The molecule has 0 aliphatic carbocycles. The molecule has 1 fully saturated rings. The highest BCUT2D eigenvalue weighted by Crippen LogP contribution is 2.28. The maximum absolute atomic E-state index is 4.37. The molecule has 100 valence electrons. The highest BCUT2D eigenvalue weighted by molar-refractivity contribution is 5.89. The Kier molecular flexibility index (Phi) is 2.74. The van der Waals surface area contributed by atoms with Gasteiger partial charge in [-0.1, -0.05) is 12.1 Å². The zero-order chi connectivity index (χ0) is 13.4. The van der Waals surface area contributed by atoms with Crippen LogP contribution in [0.15, 0.2) is 49.2 Å². The van der Waals surface area contributed by atoms with Crippen LogP contribution in [-0.2, 0) is 0 Å². The molecule has 20 heavy (non-hydrogen) atoms. The second-order valence-electron chi connectivity index (χ2n) is 5.25. The molecule has 0 amide bonds. The molecule has 1 aliphatic rings. The van der Waals surface area contributed by atoms with Crippen molar-refractivity contribution in [2.75, 3.05) is 13.1 Å². The van der Waals surface area contributed by atoms with Gasteiger partial charge >= 0.3 is 0 Å². The Morgan fingerprint density at radius 1 is 1.15 bits per heavy atom. The lowest BCUT2D eigenvalue weighted by molar-refractivity contribution is 0.715. The number of benzene rings is 1. The lowest BCUT2D eigenvalue weighted by Gasteiger charge is -2.14. The molecule has 4 heteroatoms. The Labute approximate surface area is 117 Å². The molecular weight excluding hydrogens is 248 g/mol. The van der Waals surface area contributed by atoms with Crippen LogP contribution in [0.5, 0.6) is 0 Å². The quantitative estimate of drug-likeness (QED) is 0.773. The lowest BCUT2D eigenvalue weighted by Crippen LogP contribution is -2.10. The van der Waals surface area contributed by atoms with Crippen LogP contribution in [0.4, 0.5) is 0 Å². The van der Waals surface area contributed by atoms with Crippen molar-refractivity contribution in [3.8, 4) is 5.69 Å². The van der Waals surface area contributed by atoms with Crippen LogP contribution in [-0.4, -0.2) is 27.6 Å². The summed E-state index contributed by atoms with van der Waals surface area (Å²) >= 11 is 0. The fourth-order valence-corrected chi connectivity index (χ4v) is 3.03. The molecule has 1 unspecified atom stereocenters. The molecule has 1 atom stereocenters. The van der Waals surface area contributed by atoms with Gasteiger partial charge in [-0.05, 0) is 25.1 Å². The molecule has 0 bridgehead atoms. The minimum Gasteiger partial charge on any atom is -0.316 e. The summed E-state index contributed by atoms with van der Waals surface area (Å²) in [5.74, 6) is 0.551. The van der Waals surface area contributed by atoms with Gasteiger partial charge in [-0.15, -0.1) is 0 Å². The van der Waals surface area contributed by atoms with Gasteiger partial charge < -0.3 is 9.88 Å². The van der Waals surface area contributed by atoms with Crippen molar-refractivity contribution in [2.45, 2.75) is 12.3 Å². The first-order chi connectivity index (χ1) is 9.93. The number of imidazole rings is 1. The zero-order valence-electron chi connectivity index (χ0n) is 11.2. The Morgan fingerprint density at radius 2 is 2.15 bits per heavy atom. The average molecular weight is 264 g/mol. The van der Waals surface area contributed by atoms with Gasteiger partial charge in [0.25, 0.3) is 0 Å². The molecule has 1 N–H and O–H groups in total. The Morgan fingerprint density at radius 3 is 3.05 bits per heavy atom. The normalized spacial score (nSPS) is 18.7. The highest BCUT2D eigenvalue weighted by Gasteiger charge is 2.21. The van der Waals surface area contributed by atoms with Gasteiger partial charge in [0, 0.05) is 47.5 Å². The molecule has 3 heterocycles. The average Bonchev–Trinajstić information content (AvgIpc) is 3.17. The van der Waals surface area contributed by atoms with E-state index in [4.69, 9.17) is 0 Å². The van der Waals surface area contributed by atoms with Crippen molar-refractivity contribution in [3.63, 3.8) is 0 Å². The summed E-state index contributed by atoms with van der Waals surface area (Å²) in [5, 5.41) is 5.80. The predicted molar refractivity (Wildman–Crippen MR) is 79.1 cm³/mol. The van der Waals surface area contributed by atoms with Crippen LogP contribution >= 0.6 is 0 Å². The van der Waals surface area contributed by atoms with Gasteiger partial charge in [-0.2, -0.15) is 0 Å². The van der Waals surface area contributed by atoms with E-state index in [0.29, 0.717) is 5.92 Å². The van der Waals surface area contributed by atoms with Crippen molar-refractivity contribution in [2.24, 2.45) is 0 Å². The summed E-state index contributed by atoms with van der Waals surface area (Å²) in [6.45, 7) is 2.13. The van der Waals surface area contributed by atoms with E-state index in [9.17, 15) is 0 Å². The minimum atomic E-state index is 0.551. The van der Waals surface area contributed by atoms with Gasteiger partial charge in [-0.3, -0.25) is 4.98 Å². The van der Waals surface area contributed by atoms with Crippen molar-refractivity contribution in [3.05, 3.63) is 54.9 Å². The van der Waals surface area contributed by atoms with Crippen LogP contribution in [0.25, 0.3) is 16.5 Å². The highest BCUT2D eigenvalue weighted by atomic mass is 15.1. The zero-order valence-corrected chi connectivity index (χ0v) is 11.2. The number of nitrogens with zero attached hydrogens (tertiary/aromatic N) is 3. The Hall–Kier alpha value is -2.20. The largest absolute Gasteiger partial charge is 0.316 e. The molecule has 1 aromatic carbocycles. The first kappa shape index (κ1) is 11.6. The molecule has 2 aromatic heterocycles. The smallest absolute Gasteiger partial charge is 0.0994 e. The number of pyridine rings is 1. The number of nitrogens with one attached hydrogen (secondary N) is 1. The number of hydrogen-bond donors (Lipinski definition) is 1. The third-order valence-electron chi connectivity index (χ3n) is 4.06. The predicted octanol–water partition coefficient (Wildman–Crippen LogP) is 2.50. The lowest BCUT2D eigenvalue weighted by atomic mass is 10.0. The number of fused-ring (bicyclic) bond motifs is 1. The van der Waals surface area contributed by atoms with E-state index in [2.05, 4.69) is 44.1 Å². The van der Waals surface area contributed by atoms with Gasteiger partial charge in [0.2, 0.25) is 0 Å². The summed E-state index contributed by atoms with van der Waals surface area (Å²) in [6.07, 6.45) is 8.85. The van der Waals surface area contributed by atoms with Gasteiger partial charge in [0.15, 0.2) is 0 Å². The monoisotopic (exact) mass is 264 g/mol. The summed E-state index contributed by atoms with van der Waals surface area (Å²) in [4.78, 5) is 8.57. The summed E-state index contributed by atoms with van der Waals surface area (Å²) < 4.78 is 2.22. The standard InChI is InChI=1S/C16H16N4/c1-2-12-8-18-7-5-14(12)15(3-1)20-11-19-10-16(20)13-4-6-17-9-13/h1-3,5,7-8,10-11,13,17H,4,6,9H2. The topological polar surface area (TPSA) is 42.7 Å². The van der Waals surface area contributed by atoms with E-state index in [1.165, 1.54) is 23.2 Å². The fraction of sp³-hybridized carbons (Fsp3) is 0.250. The molecule has 0 radical (unpaired) electrons. The molecule has 0 spiro atoms. The summed E-state index contributed by atoms with van der Waals surface area (Å²) in [7, 11) is 0. The molecule has 0 saturated carbocycles. The van der Waals surface area contributed by atoms with Crippen LogP contribution in [0, 0.1) is 0 Å². The van der Waals surface area contributed by atoms with Crippen molar-refractivity contribution >= 4 is 10.8 Å². The first-order valence-corrected chi connectivity index (χ1v) is 6.99. The Balaban J connectivity index is 1.89. The van der Waals surface area contributed by atoms with E-state index in [1.807, 2.05) is 24.9 Å². The summed E-state index contributed by atoms with van der Waals surface area (Å²) in [6, 6.07) is 8.40. The van der Waals surface area contributed by atoms with Crippen LogP contribution < -0.4 is 5.32 Å². The fourth-order valence-electron chi connectivity index (χ4n) is 3.03. The van der Waals surface area contributed by atoms with Gasteiger partial charge in [0.1, 0.15) is 0 Å². The van der Waals surface area contributed by atoms with Gasteiger partial charge in [0.05, 0.1) is 12.0 Å². The molecule has 4 nitrogen and oxygen atoms in total. The number of hydrogen-bond acceptors (Lipinski definition) is 3.